The number of unbranched alkanes of at least 4 members (excludes halogenated alkanes) is 1. The van der Waals surface area contributed by atoms with E-state index in [9.17, 15) is 18.4 Å². The number of aromatic nitrogens is 4. The van der Waals surface area contributed by atoms with Crippen molar-refractivity contribution in [1.82, 2.24) is 20.4 Å². The van der Waals surface area contributed by atoms with Crippen LogP contribution in [0.3, 0.4) is 0 Å². The number of alkyl halides is 2. The van der Waals surface area contributed by atoms with Crippen molar-refractivity contribution in [3.05, 3.63) is 88.6 Å². The molecule has 0 atom stereocenters. The molecule has 0 spiro atoms. The maximum absolute atomic E-state index is 12.4. The first-order valence-electron chi connectivity index (χ1n) is 12.3. The van der Waals surface area contributed by atoms with Gasteiger partial charge in [-0.25, -0.2) is 0 Å². The van der Waals surface area contributed by atoms with E-state index in [0.29, 0.717) is 22.9 Å². The summed E-state index contributed by atoms with van der Waals surface area (Å²) in [6, 6.07) is 19.0. The number of hydrogen-bond acceptors (Lipinski definition) is 8. The Kier molecular flexibility index (Phi) is 9.95. The molecule has 2 aromatic carbocycles. The number of carbonyl (C=O) groups is 2. The van der Waals surface area contributed by atoms with E-state index in [1.807, 2.05) is 30.3 Å². The zero-order chi connectivity index (χ0) is 27.5. The SMILES string of the molecule is O=C(Cc1cccc(OC(F)F)c1)Nc1ccc(CCCCc2nnc(NC(=O)Cc3ccccc3)s2)nn1. The van der Waals surface area contributed by atoms with E-state index in [1.165, 1.54) is 23.5 Å². The second-order valence-corrected chi connectivity index (χ2v) is 9.64. The zero-order valence-corrected chi connectivity index (χ0v) is 21.7. The average Bonchev–Trinajstić information content (AvgIpc) is 3.34. The third kappa shape index (κ3) is 9.49. The van der Waals surface area contributed by atoms with Crippen molar-refractivity contribution >= 4 is 34.1 Å². The summed E-state index contributed by atoms with van der Waals surface area (Å²) in [7, 11) is 0. The van der Waals surface area contributed by atoms with Gasteiger partial charge in [0.1, 0.15) is 10.8 Å². The lowest BCUT2D eigenvalue weighted by atomic mass is 10.1. The van der Waals surface area contributed by atoms with Gasteiger partial charge in [0.15, 0.2) is 5.82 Å². The van der Waals surface area contributed by atoms with Crippen LogP contribution in [-0.2, 0) is 35.3 Å². The molecule has 0 fully saturated rings. The summed E-state index contributed by atoms with van der Waals surface area (Å²) in [6.45, 7) is -2.93. The van der Waals surface area contributed by atoms with Crippen LogP contribution in [0.25, 0.3) is 0 Å². The number of hydrogen-bond donors (Lipinski definition) is 2. The molecule has 39 heavy (non-hydrogen) atoms. The molecule has 12 heteroatoms. The Morgan fingerprint density at radius 3 is 2.31 bits per heavy atom. The van der Waals surface area contributed by atoms with Crippen LogP contribution in [0.4, 0.5) is 19.7 Å². The number of benzene rings is 2. The standard InChI is InChI=1S/C27H26F2N6O3S/c28-26(29)38-21-11-6-9-19(15-21)17-23(36)30-22-14-13-20(32-33-22)10-4-5-12-25-34-35-27(39-25)31-24(37)16-18-7-2-1-3-8-18/h1-3,6-9,11,13-15,26H,4-5,10,12,16-17H2,(H,30,33,36)(H,31,35,37). The number of nitrogens with zero attached hydrogens (tertiary/aromatic N) is 4. The highest BCUT2D eigenvalue weighted by atomic mass is 32.1. The van der Waals surface area contributed by atoms with Crippen LogP contribution in [0.15, 0.2) is 66.7 Å². The summed E-state index contributed by atoms with van der Waals surface area (Å²) in [5.74, 6) is -0.175. The highest BCUT2D eigenvalue weighted by Gasteiger charge is 2.11. The molecule has 0 radical (unpaired) electrons. The molecule has 0 aliphatic rings. The molecule has 4 rings (SSSR count). The fourth-order valence-corrected chi connectivity index (χ4v) is 4.49. The number of amides is 2. The summed E-state index contributed by atoms with van der Waals surface area (Å²) < 4.78 is 29.1. The lowest BCUT2D eigenvalue weighted by molar-refractivity contribution is -0.116. The summed E-state index contributed by atoms with van der Waals surface area (Å²) in [6.07, 6.45) is 3.42. The fraction of sp³-hybridized carbons (Fsp3) is 0.259. The minimum Gasteiger partial charge on any atom is -0.435 e. The lowest BCUT2D eigenvalue weighted by Crippen LogP contribution is -2.16. The number of rotatable bonds is 13. The minimum atomic E-state index is -2.93. The highest BCUT2D eigenvalue weighted by Crippen LogP contribution is 2.19. The van der Waals surface area contributed by atoms with Crippen LogP contribution in [0.5, 0.6) is 5.75 Å². The van der Waals surface area contributed by atoms with Gasteiger partial charge in [-0.15, -0.1) is 15.3 Å². The van der Waals surface area contributed by atoms with Crippen LogP contribution in [0, 0.1) is 0 Å². The number of ether oxygens (including phenoxy) is 1. The fourth-order valence-electron chi connectivity index (χ4n) is 3.70. The van der Waals surface area contributed by atoms with Gasteiger partial charge < -0.3 is 15.4 Å². The highest BCUT2D eigenvalue weighted by molar-refractivity contribution is 7.15. The summed E-state index contributed by atoms with van der Waals surface area (Å²) in [4.78, 5) is 24.5. The van der Waals surface area contributed by atoms with Crippen LogP contribution in [-0.4, -0.2) is 38.8 Å². The van der Waals surface area contributed by atoms with Crippen molar-refractivity contribution in [2.75, 3.05) is 10.6 Å². The Balaban J connectivity index is 1.15. The van der Waals surface area contributed by atoms with Gasteiger partial charge in [0.25, 0.3) is 0 Å². The zero-order valence-electron chi connectivity index (χ0n) is 20.8. The lowest BCUT2D eigenvalue weighted by Gasteiger charge is -2.07. The number of halogens is 2. The van der Waals surface area contributed by atoms with Gasteiger partial charge in [-0.2, -0.15) is 13.9 Å². The Labute approximate surface area is 227 Å². The quantitative estimate of drug-likeness (QED) is 0.228. The maximum Gasteiger partial charge on any atom is 0.387 e. The van der Waals surface area contributed by atoms with Gasteiger partial charge in [0.05, 0.1) is 18.5 Å². The Morgan fingerprint density at radius 2 is 1.54 bits per heavy atom. The molecule has 0 aliphatic carbocycles. The summed E-state index contributed by atoms with van der Waals surface area (Å²) in [5, 5.41) is 23.2. The van der Waals surface area contributed by atoms with Gasteiger partial charge in [-0.1, -0.05) is 53.8 Å². The number of nitrogens with one attached hydrogen (secondary N) is 2. The van der Waals surface area contributed by atoms with Crippen molar-refractivity contribution < 1.29 is 23.1 Å². The predicted octanol–water partition coefficient (Wildman–Crippen LogP) is 4.86. The molecule has 0 saturated carbocycles. The molecule has 2 heterocycles. The van der Waals surface area contributed by atoms with Crippen molar-refractivity contribution in [2.45, 2.75) is 45.1 Å². The van der Waals surface area contributed by atoms with E-state index < -0.39 is 6.61 Å². The van der Waals surface area contributed by atoms with Crippen LogP contribution >= 0.6 is 11.3 Å². The van der Waals surface area contributed by atoms with Crippen molar-refractivity contribution in [1.29, 1.82) is 0 Å². The summed E-state index contributed by atoms with van der Waals surface area (Å²) >= 11 is 1.37. The molecule has 0 unspecified atom stereocenters. The monoisotopic (exact) mass is 552 g/mol. The first kappa shape index (κ1) is 27.7. The normalized spacial score (nSPS) is 10.8. The molecule has 202 valence electrons. The van der Waals surface area contributed by atoms with Crippen LogP contribution in [0.1, 0.15) is 34.7 Å². The molecule has 0 aliphatic heterocycles. The van der Waals surface area contributed by atoms with Gasteiger partial charge in [0, 0.05) is 6.42 Å². The van der Waals surface area contributed by atoms with Crippen molar-refractivity contribution in [3.8, 4) is 5.75 Å². The average molecular weight is 553 g/mol. The first-order chi connectivity index (χ1) is 18.9. The second-order valence-electron chi connectivity index (χ2n) is 8.58. The number of carbonyl (C=O) groups excluding carboxylic acids is 2. The van der Waals surface area contributed by atoms with Gasteiger partial charge in [-0.3, -0.25) is 9.59 Å². The molecule has 2 aromatic heterocycles. The second kappa shape index (κ2) is 14.0. The molecule has 2 N–H and O–H groups in total. The third-order valence-electron chi connectivity index (χ3n) is 5.47. The van der Waals surface area contributed by atoms with E-state index in [1.54, 1.807) is 24.3 Å². The number of anilines is 2. The maximum atomic E-state index is 12.4. The van der Waals surface area contributed by atoms with E-state index >= 15 is 0 Å². The van der Waals surface area contributed by atoms with E-state index in [0.717, 1.165) is 35.5 Å². The topological polar surface area (TPSA) is 119 Å². The van der Waals surface area contributed by atoms with Gasteiger partial charge >= 0.3 is 6.61 Å². The van der Waals surface area contributed by atoms with E-state index in [2.05, 4.69) is 35.8 Å². The molecule has 9 nitrogen and oxygen atoms in total. The smallest absolute Gasteiger partial charge is 0.387 e. The van der Waals surface area contributed by atoms with Crippen molar-refractivity contribution in [3.63, 3.8) is 0 Å². The predicted molar refractivity (Wildman–Crippen MR) is 143 cm³/mol. The van der Waals surface area contributed by atoms with Crippen LogP contribution < -0.4 is 15.4 Å². The van der Waals surface area contributed by atoms with E-state index in [4.69, 9.17) is 0 Å². The Bertz CT molecular complexity index is 1370. The Hall–Kier alpha value is -4.32. The molecule has 2 amide bonds. The number of aryl methyl sites for hydroxylation is 2. The van der Waals surface area contributed by atoms with Gasteiger partial charge in [0.2, 0.25) is 16.9 Å². The van der Waals surface area contributed by atoms with Crippen molar-refractivity contribution in [2.24, 2.45) is 0 Å². The third-order valence-corrected chi connectivity index (χ3v) is 6.37. The first-order valence-corrected chi connectivity index (χ1v) is 13.1. The Morgan fingerprint density at radius 1 is 0.795 bits per heavy atom. The molecule has 0 bridgehead atoms. The molecule has 0 saturated heterocycles. The van der Waals surface area contributed by atoms with Crippen LogP contribution in [0.2, 0.25) is 0 Å². The molecular weight excluding hydrogens is 526 g/mol. The van der Waals surface area contributed by atoms with E-state index in [-0.39, 0.29) is 30.4 Å². The molecule has 4 aromatic rings. The largest absolute Gasteiger partial charge is 0.435 e. The molecular formula is C27H26F2N6O3S. The minimum absolute atomic E-state index is 0.00314. The summed E-state index contributed by atoms with van der Waals surface area (Å²) in [5.41, 5.74) is 2.26. The van der Waals surface area contributed by atoms with Gasteiger partial charge in [-0.05, 0) is 54.7 Å².